The van der Waals surface area contributed by atoms with Gasteiger partial charge in [-0.3, -0.25) is 4.79 Å². The van der Waals surface area contributed by atoms with Crippen LogP contribution in [0.15, 0.2) is 0 Å². The Hall–Kier alpha value is -1.14. The van der Waals surface area contributed by atoms with Gasteiger partial charge in [-0.05, 0) is 13.3 Å². The number of hydrogen-bond acceptors (Lipinski definition) is 4. The monoisotopic (exact) mass is 244 g/mol. The van der Waals surface area contributed by atoms with Crippen molar-refractivity contribution in [3.05, 3.63) is 0 Å². The Labute approximate surface area is 101 Å². The summed E-state index contributed by atoms with van der Waals surface area (Å²) in [6, 6.07) is -0.455. The van der Waals surface area contributed by atoms with Crippen LogP contribution < -0.4 is 5.73 Å². The smallest absolute Gasteiger partial charge is 0.329 e. The first-order valence-electron chi connectivity index (χ1n) is 5.78. The highest BCUT2D eigenvalue weighted by Crippen LogP contribution is 2.25. The molecule has 1 unspecified atom stereocenters. The topological polar surface area (TPSA) is 92.9 Å². The van der Waals surface area contributed by atoms with Crippen LogP contribution in [-0.4, -0.2) is 53.2 Å². The van der Waals surface area contributed by atoms with Crippen molar-refractivity contribution in [2.45, 2.75) is 38.3 Å². The van der Waals surface area contributed by atoms with E-state index in [2.05, 4.69) is 0 Å². The van der Waals surface area contributed by atoms with Crippen molar-refractivity contribution in [3.8, 4) is 0 Å². The highest BCUT2D eigenvalue weighted by molar-refractivity contribution is 5.82. The summed E-state index contributed by atoms with van der Waals surface area (Å²) in [4.78, 5) is 23.8. The molecule has 0 saturated carbocycles. The van der Waals surface area contributed by atoms with E-state index in [0.717, 1.165) is 6.42 Å². The molecule has 1 rings (SSSR count). The quantitative estimate of drug-likeness (QED) is 0.676. The molecule has 1 fully saturated rings. The van der Waals surface area contributed by atoms with E-state index < -0.39 is 17.6 Å². The molecule has 0 bridgehead atoms. The Bertz CT molecular complexity index is 300. The minimum absolute atomic E-state index is 0.0803. The zero-order valence-corrected chi connectivity index (χ0v) is 10.3. The van der Waals surface area contributed by atoms with Crippen molar-refractivity contribution in [1.82, 2.24) is 4.90 Å². The molecular weight excluding hydrogens is 224 g/mol. The lowest BCUT2D eigenvalue weighted by Crippen LogP contribution is -2.65. The fourth-order valence-electron chi connectivity index (χ4n) is 1.91. The molecule has 1 atom stereocenters. The number of likely N-dealkylation sites (tertiary alicyclic amines) is 1. The van der Waals surface area contributed by atoms with Crippen LogP contribution in [0.2, 0.25) is 0 Å². The molecule has 6 heteroatoms. The summed E-state index contributed by atoms with van der Waals surface area (Å²) in [5, 5.41) is 8.50. The van der Waals surface area contributed by atoms with Crippen molar-refractivity contribution in [2.75, 3.05) is 19.7 Å². The Balaban J connectivity index is 2.34. The molecule has 17 heavy (non-hydrogen) atoms. The molecule has 1 saturated heterocycles. The fraction of sp³-hybridized carbons (Fsp3) is 0.818. The second-order valence-corrected chi connectivity index (χ2v) is 4.72. The maximum absolute atomic E-state index is 11.8. The number of carboxylic acid groups (broad SMARTS) is 1. The fourth-order valence-corrected chi connectivity index (χ4v) is 1.91. The molecule has 6 nitrogen and oxygen atoms in total. The van der Waals surface area contributed by atoms with Gasteiger partial charge in [-0.15, -0.1) is 0 Å². The Kier molecular flexibility index (Phi) is 4.47. The van der Waals surface area contributed by atoms with Crippen LogP contribution in [-0.2, 0) is 14.3 Å². The maximum atomic E-state index is 11.8. The molecule has 0 spiro atoms. The van der Waals surface area contributed by atoms with Gasteiger partial charge < -0.3 is 20.5 Å². The van der Waals surface area contributed by atoms with Crippen molar-refractivity contribution >= 4 is 11.9 Å². The van der Waals surface area contributed by atoms with Gasteiger partial charge in [0.2, 0.25) is 5.91 Å². The maximum Gasteiger partial charge on any atom is 0.329 e. The molecule has 0 aromatic rings. The number of carboxylic acids is 1. The Morgan fingerprint density at radius 3 is 2.59 bits per heavy atom. The largest absolute Gasteiger partial charge is 0.480 e. The normalized spacial score (nSPS) is 19.6. The van der Waals surface area contributed by atoms with E-state index in [-0.39, 0.29) is 12.5 Å². The van der Waals surface area contributed by atoms with Gasteiger partial charge in [-0.25, -0.2) is 4.79 Å². The van der Waals surface area contributed by atoms with Crippen LogP contribution in [0.4, 0.5) is 0 Å². The molecule has 98 valence electrons. The lowest BCUT2D eigenvalue weighted by atomic mass is 9.95. The van der Waals surface area contributed by atoms with Crippen LogP contribution in [0.1, 0.15) is 26.7 Å². The standard InChI is InChI=1S/C11H20N2O4/c1-3-4-8(12)10(16)13-6-11(2,7-13)17-5-9(14)15/h8H,3-7,12H2,1-2H3,(H,14,15). The number of nitrogens with zero attached hydrogens (tertiary/aromatic N) is 1. The average Bonchev–Trinajstić information content (AvgIpc) is 2.22. The third-order valence-corrected chi connectivity index (χ3v) is 2.82. The van der Waals surface area contributed by atoms with Crippen LogP contribution >= 0.6 is 0 Å². The SMILES string of the molecule is CCCC(N)C(=O)N1CC(C)(OCC(=O)O)C1. The van der Waals surface area contributed by atoms with Crippen molar-refractivity contribution < 1.29 is 19.4 Å². The minimum Gasteiger partial charge on any atom is -0.480 e. The van der Waals surface area contributed by atoms with Crippen LogP contribution in [0.3, 0.4) is 0 Å². The zero-order chi connectivity index (χ0) is 13.1. The van der Waals surface area contributed by atoms with E-state index in [1.165, 1.54) is 0 Å². The second-order valence-electron chi connectivity index (χ2n) is 4.72. The van der Waals surface area contributed by atoms with Gasteiger partial charge in [-0.1, -0.05) is 13.3 Å². The van der Waals surface area contributed by atoms with Crippen LogP contribution in [0.25, 0.3) is 0 Å². The number of amides is 1. The summed E-state index contributed by atoms with van der Waals surface area (Å²) in [5.74, 6) is -1.08. The molecule has 1 aliphatic heterocycles. The number of nitrogens with two attached hydrogens (primary N) is 1. The number of hydrogen-bond donors (Lipinski definition) is 2. The molecule has 0 aromatic carbocycles. The Morgan fingerprint density at radius 1 is 1.53 bits per heavy atom. The summed E-state index contributed by atoms with van der Waals surface area (Å²) in [6.07, 6.45) is 1.54. The van der Waals surface area contributed by atoms with E-state index in [0.29, 0.717) is 19.5 Å². The van der Waals surface area contributed by atoms with E-state index in [9.17, 15) is 9.59 Å². The minimum atomic E-state index is -1.00. The van der Waals surface area contributed by atoms with E-state index in [1.807, 2.05) is 6.92 Å². The van der Waals surface area contributed by atoms with E-state index >= 15 is 0 Å². The van der Waals surface area contributed by atoms with Crippen molar-refractivity contribution in [1.29, 1.82) is 0 Å². The third kappa shape index (κ3) is 3.67. The van der Waals surface area contributed by atoms with E-state index in [1.54, 1.807) is 11.8 Å². The van der Waals surface area contributed by atoms with Crippen molar-refractivity contribution in [2.24, 2.45) is 5.73 Å². The highest BCUT2D eigenvalue weighted by atomic mass is 16.5. The van der Waals surface area contributed by atoms with Gasteiger partial charge in [0, 0.05) is 0 Å². The third-order valence-electron chi connectivity index (χ3n) is 2.82. The number of carbonyl (C=O) groups excluding carboxylic acids is 1. The van der Waals surface area contributed by atoms with Gasteiger partial charge in [0.15, 0.2) is 0 Å². The van der Waals surface area contributed by atoms with Gasteiger partial charge in [0.1, 0.15) is 12.2 Å². The predicted molar refractivity (Wildman–Crippen MR) is 61.5 cm³/mol. The summed E-state index contributed by atoms with van der Waals surface area (Å²) < 4.78 is 5.21. The van der Waals surface area contributed by atoms with Crippen molar-refractivity contribution in [3.63, 3.8) is 0 Å². The summed E-state index contributed by atoms with van der Waals surface area (Å²) in [7, 11) is 0. The molecular formula is C11H20N2O4. The molecule has 1 aliphatic rings. The Morgan fingerprint density at radius 2 is 2.12 bits per heavy atom. The lowest BCUT2D eigenvalue weighted by molar-refractivity contribution is -0.174. The number of aliphatic carboxylic acids is 1. The van der Waals surface area contributed by atoms with Gasteiger partial charge in [-0.2, -0.15) is 0 Å². The molecule has 1 heterocycles. The zero-order valence-electron chi connectivity index (χ0n) is 10.3. The van der Waals surface area contributed by atoms with Gasteiger partial charge in [0.25, 0.3) is 0 Å². The first-order valence-corrected chi connectivity index (χ1v) is 5.78. The van der Waals surface area contributed by atoms with Gasteiger partial charge >= 0.3 is 5.97 Å². The molecule has 1 amide bonds. The molecule has 3 N–H and O–H groups in total. The number of ether oxygens (including phenoxy) is 1. The second kappa shape index (κ2) is 5.46. The summed E-state index contributed by atoms with van der Waals surface area (Å²) in [5.41, 5.74) is 5.18. The van der Waals surface area contributed by atoms with Crippen LogP contribution in [0.5, 0.6) is 0 Å². The molecule has 0 aromatic heterocycles. The predicted octanol–water partition coefficient (Wildman–Crippen LogP) is -0.184. The first-order chi connectivity index (χ1) is 7.88. The average molecular weight is 244 g/mol. The van der Waals surface area contributed by atoms with Crippen LogP contribution in [0, 0.1) is 0 Å². The van der Waals surface area contributed by atoms with E-state index in [4.69, 9.17) is 15.6 Å². The summed E-state index contributed by atoms with van der Waals surface area (Å²) >= 11 is 0. The first kappa shape index (κ1) is 13.9. The van der Waals surface area contributed by atoms with Gasteiger partial charge in [0.05, 0.1) is 19.1 Å². The lowest BCUT2D eigenvalue weighted by Gasteiger charge is -2.48. The molecule has 0 radical (unpaired) electrons. The number of rotatable bonds is 6. The summed E-state index contributed by atoms with van der Waals surface area (Å²) in [6.45, 7) is 4.26. The highest BCUT2D eigenvalue weighted by Gasteiger charge is 2.43. The molecule has 0 aliphatic carbocycles. The number of carbonyl (C=O) groups is 2.